The quantitative estimate of drug-likeness (QED) is 0.246. The first-order valence-electron chi connectivity index (χ1n) is 14.0. The number of anilines is 1. The molecule has 0 saturated heterocycles. The van der Waals surface area contributed by atoms with Gasteiger partial charge in [-0.15, -0.1) is 0 Å². The van der Waals surface area contributed by atoms with Crippen molar-refractivity contribution in [3.63, 3.8) is 0 Å². The number of likely N-dealkylation sites (N-methyl/N-ethyl adjacent to an activating group) is 1. The van der Waals surface area contributed by atoms with Crippen molar-refractivity contribution >= 4 is 27.5 Å². The third-order valence-electron chi connectivity index (χ3n) is 6.99. The number of carbonyl (C=O) groups excluding carboxylic acids is 2. The molecule has 0 heterocycles. The van der Waals surface area contributed by atoms with E-state index in [9.17, 15) is 18.0 Å². The first-order valence-corrected chi connectivity index (χ1v) is 15.4. The molecule has 4 aromatic rings. The van der Waals surface area contributed by atoms with Crippen molar-refractivity contribution in [3.05, 3.63) is 131 Å². The molecule has 42 heavy (non-hydrogen) atoms. The number of nitrogens with one attached hydrogen (secondary N) is 1. The molecule has 218 valence electrons. The van der Waals surface area contributed by atoms with E-state index in [-0.39, 0.29) is 23.8 Å². The van der Waals surface area contributed by atoms with Crippen molar-refractivity contribution in [2.45, 2.75) is 44.7 Å². The van der Waals surface area contributed by atoms with Crippen LogP contribution in [0.2, 0.25) is 0 Å². The highest BCUT2D eigenvalue weighted by molar-refractivity contribution is 7.92. The highest BCUT2D eigenvalue weighted by Crippen LogP contribution is 2.25. The van der Waals surface area contributed by atoms with E-state index in [1.54, 1.807) is 54.6 Å². The van der Waals surface area contributed by atoms with Gasteiger partial charge < -0.3 is 10.2 Å². The summed E-state index contributed by atoms with van der Waals surface area (Å²) in [6.07, 6.45) is 0.278. The van der Waals surface area contributed by atoms with Gasteiger partial charge in [0.15, 0.2) is 0 Å². The summed E-state index contributed by atoms with van der Waals surface area (Å²) in [4.78, 5) is 29.4. The van der Waals surface area contributed by atoms with E-state index in [0.29, 0.717) is 12.2 Å². The molecule has 0 fully saturated rings. The molecule has 1 atom stereocenters. The summed E-state index contributed by atoms with van der Waals surface area (Å²) in [5, 5.41) is 2.88. The number of hydrogen-bond donors (Lipinski definition) is 1. The van der Waals surface area contributed by atoms with Gasteiger partial charge in [-0.3, -0.25) is 13.9 Å². The molecule has 0 saturated carbocycles. The largest absolute Gasteiger partial charge is 0.355 e. The Bertz CT molecular complexity index is 1590. The van der Waals surface area contributed by atoms with E-state index in [0.717, 1.165) is 26.6 Å². The molecule has 0 aliphatic rings. The molecule has 2 amide bonds. The smallest absolute Gasteiger partial charge is 0.264 e. The molecular weight excluding hydrogens is 546 g/mol. The lowest BCUT2D eigenvalue weighted by Crippen LogP contribution is -2.53. The molecule has 0 spiro atoms. The monoisotopic (exact) mass is 583 g/mol. The molecule has 4 aromatic carbocycles. The van der Waals surface area contributed by atoms with Crippen LogP contribution in [-0.2, 0) is 32.6 Å². The summed E-state index contributed by atoms with van der Waals surface area (Å²) < 4.78 is 29.1. The number of hydrogen-bond acceptors (Lipinski definition) is 4. The van der Waals surface area contributed by atoms with Crippen LogP contribution in [0.25, 0.3) is 0 Å². The van der Waals surface area contributed by atoms with Gasteiger partial charge in [0.05, 0.1) is 10.6 Å². The maximum Gasteiger partial charge on any atom is 0.264 e. The zero-order valence-electron chi connectivity index (χ0n) is 24.2. The Morgan fingerprint density at radius 1 is 0.762 bits per heavy atom. The van der Waals surface area contributed by atoms with Gasteiger partial charge >= 0.3 is 0 Å². The number of rotatable bonds is 12. The molecular formula is C34H37N3O4S. The van der Waals surface area contributed by atoms with Gasteiger partial charge in [0.25, 0.3) is 10.0 Å². The fourth-order valence-corrected chi connectivity index (χ4v) is 6.23. The summed E-state index contributed by atoms with van der Waals surface area (Å²) in [5.41, 5.74) is 4.04. The summed E-state index contributed by atoms with van der Waals surface area (Å²) >= 11 is 0. The Labute approximate surface area is 248 Å². The summed E-state index contributed by atoms with van der Waals surface area (Å²) in [5.74, 6) is -0.779. The van der Waals surface area contributed by atoms with Crippen molar-refractivity contribution in [1.82, 2.24) is 10.2 Å². The van der Waals surface area contributed by atoms with Gasteiger partial charge in [-0.2, -0.15) is 0 Å². The maximum atomic E-state index is 14.3. The van der Waals surface area contributed by atoms with E-state index in [2.05, 4.69) is 5.32 Å². The molecule has 0 radical (unpaired) electrons. The van der Waals surface area contributed by atoms with Crippen molar-refractivity contribution in [1.29, 1.82) is 0 Å². The number of sulfonamides is 1. The fraction of sp³-hybridized carbons (Fsp3) is 0.235. The Morgan fingerprint density at radius 3 is 2.00 bits per heavy atom. The predicted octanol–water partition coefficient (Wildman–Crippen LogP) is 5.27. The lowest BCUT2D eigenvalue weighted by atomic mass is 10.0. The number of amides is 2. The predicted molar refractivity (Wildman–Crippen MR) is 166 cm³/mol. The summed E-state index contributed by atoms with van der Waals surface area (Å²) in [7, 11) is -4.11. The van der Waals surface area contributed by atoms with E-state index in [1.807, 2.05) is 75.4 Å². The summed E-state index contributed by atoms with van der Waals surface area (Å²) in [6.45, 7) is 5.74. The number of benzene rings is 4. The Hall–Kier alpha value is -4.43. The highest BCUT2D eigenvalue weighted by atomic mass is 32.2. The second-order valence-corrected chi connectivity index (χ2v) is 12.1. The summed E-state index contributed by atoms with van der Waals surface area (Å²) in [6, 6.07) is 31.5. The molecule has 0 aliphatic carbocycles. The lowest BCUT2D eigenvalue weighted by Gasteiger charge is -2.34. The molecule has 0 unspecified atom stereocenters. The van der Waals surface area contributed by atoms with Gasteiger partial charge in [-0.05, 0) is 56.2 Å². The van der Waals surface area contributed by atoms with Crippen LogP contribution >= 0.6 is 0 Å². The zero-order chi connectivity index (χ0) is 30.1. The molecule has 0 aliphatic heterocycles. The van der Waals surface area contributed by atoms with Crippen LogP contribution in [-0.4, -0.2) is 44.3 Å². The van der Waals surface area contributed by atoms with Crippen LogP contribution in [0.15, 0.2) is 114 Å². The van der Waals surface area contributed by atoms with Crippen molar-refractivity contribution in [2.24, 2.45) is 0 Å². The molecule has 4 rings (SSSR count). The number of carbonyl (C=O) groups is 2. The average Bonchev–Trinajstić information content (AvgIpc) is 2.99. The second-order valence-electron chi connectivity index (χ2n) is 10.3. The average molecular weight is 584 g/mol. The van der Waals surface area contributed by atoms with Crippen LogP contribution in [0.3, 0.4) is 0 Å². The first kappa shape index (κ1) is 30.5. The van der Waals surface area contributed by atoms with Gasteiger partial charge in [0.2, 0.25) is 11.8 Å². The molecule has 0 bridgehead atoms. The topological polar surface area (TPSA) is 86.8 Å². The van der Waals surface area contributed by atoms with E-state index < -0.39 is 28.5 Å². The number of aryl methyl sites for hydroxylation is 2. The molecule has 7 nitrogen and oxygen atoms in total. The van der Waals surface area contributed by atoms with Crippen LogP contribution < -0.4 is 9.62 Å². The SMILES string of the molecule is CCNC(=O)[C@H](Cc1ccccc1)N(Cc1cccc(C)c1)C(=O)CN(c1ccccc1)S(=O)(=O)c1ccc(C)cc1. The van der Waals surface area contributed by atoms with Crippen molar-refractivity contribution < 1.29 is 18.0 Å². The maximum absolute atomic E-state index is 14.3. The lowest BCUT2D eigenvalue weighted by molar-refractivity contribution is -0.140. The van der Waals surface area contributed by atoms with Gasteiger partial charge in [-0.1, -0.05) is 96.1 Å². The van der Waals surface area contributed by atoms with Crippen LogP contribution in [0.1, 0.15) is 29.2 Å². The number of para-hydroxylation sites is 1. The number of nitrogens with zero attached hydrogens (tertiary/aromatic N) is 2. The Kier molecular flexibility index (Phi) is 10.1. The third kappa shape index (κ3) is 7.64. The Balaban J connectivity index is 1.78. The Morgan fingerprint density at radius 2 is 1.38 bits per heavy atom. The molecule has 8 heteroatoms. The third-order valence-corrected chi connectivity index (χ3v) is 8.78. The van der Waals surface area contributed by atoms with Crippen LogP contribution in [0.4, 0.5) is 5.69 Å². The molecule has 1 N–H and O–H groups in total. The zero-order valence-corrected chi connectivity index (χ0v) is 25.1. The molecule has 0 aromatic heterocycles. The minimum Gasteiger partial charge on any atom is -0.355 e. The van der Waals surface area contributed by atoms with E-state index in [4.69, 9.17) is 0 Å². The second kappa shape index (κ2) is 14.0. The standard InChI is InChI=1S/C34H37N3O4S/c1-4-35-34(39)32(23-28-13-7-5-8-14-28)36(24-29-15-11-12-27(3)22-29)33(38)25-37(30-16-9-6-10-17-30)42(40,41)31-20-18-26(2)19-21-31/h5-22,32H,4,23-25H2,1-3H3,(H,35,39)/t32-/m0/s1. The van der Waals surface area contributed by atoms with Crippen LogP contribution in [0, 0.1) is 13.8 Å². The fourth-order valence-electron chi connectivity index (χ4n) is 4.81. The van der Waals surface area contributed by atoms with E-state index in [1.165, 1.54) is 4.90 Å². The van der Waals surface area contributed by atoms with Gasteiger partial charge in [0.1, 0.15) is 12.6 Å². The minimum atomic E-state index is -4.11. The van der Waals surface area contributed by atoms with E-state index >= 15 is 0 Å². The van der Waals surface area contributed by atoms with Crippen molar-refractivity contribution in [3.8, 4) is 0 Å². The minimum absolute atomic E-state index is 0.0829. The van der Waals surface area contributed by atoms with Gasteiger partial charge in [0, 0.05) is 19.5 Å². The highest BCUT2D eigenvalue weighted by Gasteiger charge is 2.34. The van der Waals surface area contributed by atoms with Gasteiger partial charge in [-0.25, -0.2) is 8.42 Å². The first-order chi connectivity index (χ1) is 20.2. The normalized spacial score (nSPS) is 11.9. The van der Waals surface area contributed by atoms with Crippen LogP contribution in [0.5, 0.6) is 0 Å². The van der Waals surface area contributed by atoms with Crippen molar-refractivity contribution in [2.75, 3.05) is 17.4 Å².